The molecule has 0 unspecified atom stereocenters. The first-order valence-electron chi connectivity index (χ1n) is 10.1. The highest BCUT2D eigenvalue weighted by Crippen LogP contribution is 2.36. The lowest BCUT2D eigenvalue weighted by Crippen LogP contribution is -2.08. The Labute approximate surface area is 174 Å². The Kier molecular flexibility index (Phi) is 4.91. The normalized spacial score (nSPS) is 11.6. The predicted octanol–water partition coefficient (Wildman–Crippen LogP) is 6.75. The van der Waals surface area contributed by atoms with Gasteiger partial charge in [-0.25, -0.2) is 0 Å². The summed E-state index contributed by atoms with van der Waals surface area (Å²) in [5.74, 6) is -0.133. The van der Waals surface area contributed by atoms with Crippen molar-refractivity contribution < 1.29 is 9.53 Å². The molecule has 0 saturated heterocycles. The topological polar surface area (TPSA) is 26.3 Å². The highest BCUT2D eigenvalue weighted by atomic mass is 32.1. The Morgan fingerprint density at radius 1 is 0.828 bits per heavy atom. The van der Waals surface area contributed by atoms with Gasteiger partial charge in [-0.1, -0.05) is 54.6 Å². The molecule has 0 saturated carbocycles. The van der Waals surface area contributed by atoms with E-state index >= 15 is 0 Å². The van der Waals surface area contributed by atoms with E-state index in [0.717, 1.165) is 24.8 Å². The van der Waals surface area contributed by atoms with Crippen LogP contribution >= 0.6 is 11.3 Å². The lowest BCUT2D eigenvalue weighted by atomic mass is 9.91. The number of ether oxygens (including phenoxy) is 1. The van der Waals surface area contributed by atoms with Crippen molar-refractivity contribution in [3.8, 4) is 0 Å². The molecule has 0 aliphatic heterocycles. The molecule has 0 aliphatic carbocycles. The lowest BCUT2D eigenvalue weighted by Gasteiger charge is -2.14. The Hall–Kier alpha value is -2.91. The molecule has 0 atom stereocenters. The monoisotopic (exact) mass is 398 g/mol. The highest BCUT2D eigenvalue weighted by molar-refractivity contribution is 7.08. The van der Waals surface area contributed by atoms with Crippen LogP contribution in [0.5, 0.6) is 0 Å². The summed E-state index contributed by atoms with van der Waals surface area (Å²) in [4.78, 5) is 11.9. The third kappa shape index (κ3) is 3.58. The highest BCUT2D eigenvalue weighted by Gasteiger charge is 2.11. The average molecular weight is 399 g/mol. The van der Waals surface area contributed by atoms with Crippen LogP contribution in [-0.4, -0.2) is 12.6 Å². The van der Waals surface area contributed by atoms with E-state index < -0.39 is 0 Å². The third-order valence-corrected chi connectivity index (χ3v) is 6.38. The fourth-order valence-electron chi connectivity index (χ4n) is 4.23. The number of hydrogen-bond donors (Lipinski definition) is 0. The SMILES string of the molecule is O=C(Cc1ccsc1)OCCCCc1ccc2ccc3cccc4ccc1c2c34. The molecule has 144 valence electrons. The van der Waals surface area contributed by atoms with Crippen LogP contribution in [0.15, 0.2) is 71.4 Å². The average Bonchev–Trinajstić information content (AvgIpc) is 3.25. The molecule has 0 fully saturated rings. The molecule has 5 aromatic rings. The van der Waals surface area contributed by atoms with Crippen molar-refractivity contribution in [2.24, 2.45) is 0 Å². The van der Waals surface area contributed by atoms with Gasteiger partial charge in [0.05, 0.1) is 13.0 Å². The van der Waals surface area contributed by atoms with Gasteiger partial charge in [0.1, 0.15) is 0 Å². The number of thiophene rings is 1. The van der Waals surface area contributed by atoms with Gasteiger partial charge >= 0.3 is 5.97 Å². The second-order valence-corrected chi connectivity index (χ2v) is 8.35. The zero-order valence-electron chi connectivity index (χ0n) is 16.2. The van der Waals surface area contributed by atoms with Crippen molar-refractivity contribution in [3.05, 3.63) is 82.6 Å². The lowest BCUT2D eigenvalue weighted by molar-refractivity contribution is -0.142. The van der Waals surface area contributed by atoms with Crippen molar-refractivity contribution >= 4 is 49.6 Å². The van der Waals surface area contributed by atoms with Crippen molar-refractivity contribution in [3.63, 3.8) is 0 Å². The smallest absolute Gasteiger partial charge is 0.310 e. The molecule has 0 bridgehead atoms. The summed E-state index contributed by atoms with van der Waals surface area (Å²) in [5, 5.41) is 12.0. The number of carbonyl (C=O) groups is 1. The van der Waals surface area contributed by atoms with Gasteiger partial charge in [-0.3, -0.25) is 4.79 Å². The Balaban J connectivity index is 1.27. The van der Waals surface area contributed by atoms with Crippen LogP contribution in [0.1, 0.15) is 24.0 Å². The van der Waals surface area contributed by atoms with Crippen LogP contribution in [-0.2, 0) is 22.4 Å². The molecule has 3 heteroatoms. The van der Waals surface area contributed by atoms with Crippen molar-refractivity contribution in [1.29, 1.82) is 0 Å². The van der Waals surface area contributed by atoms with Crippen LogP contribution in [0.4, 0.5) is 0 Å². The number of rotatable bonds is 7. The van der Waals surface area contributed by atoms with Crippen molar-refractivity contribution in [2.75, 3.05) is 6.61 Å². The maximum absolute atomic E-state index is 11.9. The van der Waals surface area contributed by atoms with E-state index in [1.807, 2.05) is 16.8 Å². The second-order valence-electron chi connectivity index (χ2n) is 7.57. The summed E-state index contributed by atoms with van der Waals surface area (Å²) in [6, 6.07) is 21.9. The molecule has 0 spiro atoms. The minimum atomic E-state index is -0.133. The Bertz CT molecular complexity index is 1250. The fraction of sp³-hybridized carbons (Fsp3) is 0.192. The van der Waals surface area contributed by atoms with Gasteiger partial charge in [-0.15, -0.1) is 0 Å². The standard InChI is InChI=1S/C26H22O2S/c27-24(16-18-13-15-29-17-18)28-14-2-1-4-19-7-8-22-10-9-20-5-3-6-21-11-12-23(19)26(22)25(20)21/h3,5-13,15,17H,1-2,4,14,16H2. The molecule has 1 aromatic heterocycles. The van der Waals surface area contributed by atoms with Gasteiger partial charge in [-0.05, 0) is 79.5 Å². The minimum Gasteiger partial charge on any atom is -0.465 e. The zero-order chi connectivity index (χ0) is 19.6. The summed E-state index contributed by atoms with van der Waals surface area (Å²) in [6.07, 6.45) is 3.27. The molecule has 0 radical (unpaired) electrons. The van der Waals surface area contributed by atoms with Gasteiger partial charge < -0.3 is 4.74 Å². The molecule has 0 amide bonds. The quantitative estimate of drug-likeness (QED) is 0.172. The van der Waals surface area contributed by atoms with E-state index in [1.54, 1.807) is 11.3 Å². The molecule has 1 heterocycles. The number of benzene rings is 4. The molecule has 0 aliphatic rings. The molecule has 0 N–H and O–H groups in total. The molecular weight excluding hydrogens is 376 g/mol. The van der Waals surface area contributed by atoms with E-state index in [2.05, 4.69) is 54.6 Å². The van der Waals surface area contributed by atoms with E-state index in [-0.39, 0.29) is 5.97 Å². The van der Waals surface area contributed by atoms with Gasteiger partial charge in [0.15, 0.2) is 0 Å². The molecule has 2 nitrogen and oxygen atoms in total. The summed E-state index contributed by atoms with van der Waals surface area (Å²) in [6.45, 7) is 0.495. The molecular formula is C26H22O2S. The maximum Gasteiger partial charge on any atom is 0.310 e. The van der Waals surface area contributed by atoms with E-state index in [0.29, 0.717) is 13.0 Å². The molecule has 4 aromatic carbocycles. The van der Waals surface area contributed by atoms with Crippen LogP contribution in [0.25, 0.3) is 32.3 Å². The first kappa shape index (κ1) is 18.1. The second kappa shape index (κ2) is 7.84. The van der Waals surface area contributed by atoms with Gasteiger partial charge in [0.25, 0.3) is 0 Å². The minimum absolute atomic E-state index is 0.133. The number of unbranched alkanes of at least 4 members (excludes halogenated alkanes) is 1. The third-order valence-electron chi connectivity index (χ3n) is 5.65. The molecule has 5 rings (SSSR count). The van der Waals surface area contributed by atoms with E-state index in [4.69, 9.17) is 4.74 Å². The summed E-state index contributed by atoms with van der Waals surface area (Å²) in [5.41, 5.74) is 2.41. The zero-order valence-corrected chi connectivity index (χ0v) is 17.0. The summed E-state index contributed by atoms with van der Waals surface area (Å²) < 4.78 is 5.40. The summed E-state index contributed by atoms with van der Waals surface area (Å²) >= 11 is 1.61. The first-order chi connectivity index (χ1) is 14.3. The number of aryl methyl sites for hydroxylation is 1. The van der Waals surface area contributed by atoms with E-state index in [9.17, 15) is 4.79 Å². The largest absolute Gasteiger partial charge is 0.465 e. The number of carbonyl (C=O) groups excluding carboxylic acids is 1. The van der Waals surface area contributed by atoms with Crippen molar-refractivity contribution in [2.45, 2.75) is 25.7 Å². The van der Waals surface area contributed by atoms with Crippen LogP contribution in [0, 0.1) is 0 Å². The van der Waals surface area contributed by atoms with Crippen LogP contribution in [0.3, 0.4) is 0 Å². The predicted molar refractivity (Wildman–Crippen MR) is 122 cm³/mol. The van der Waals surface area contributed by atoms with Gasteiger partial charge in [-0.2, -0.15) is 11.3 Å². The van der Waals surface area contributed by atoms with E-state index in [1.165, 1.54) is 37.9 Å². The van der Waals surface area contributed by atoms with Gasteiger partial charge in [0, 0.05) is 0 Å². The maximum atomic E-state index is 11.9. The van der Waals surface area contributed by atoms with Crippen LogP contribution < -0.4 is 0 Å². The number of esters is 1. The summed E-state index contributed by atoms with van der Waals surface area (Å²) in [7, 11) is 0. The fourth-order valence-corrected chi connectivity index (χ4v) is 4.90. The Morgan fingerprint density at radius 2 is 1.59 bits per heavy atom. The van der Waals surface area contributed by atoms with Crippen LogP contribution in [0.2, 0.25) is 0 Å². The molecule has 29 heavy (non-hydrogen) atoms. The van der Waals surface area contributed by atoms with Crippen molar-refractivity contribution in [1.82, 2.24) is 0 Å². The Morgan fingerprint density at radius 3 is 2.38 bits per heavy atom. The number of hydrogen-bond acceptors (Lipinski definition) is 3. The van der Waals surface area contributed by atoms with Gasteiger partial charge in [0.2, 0.25) is 0 Å². The first-order valence-corrected chi connectivity index (χ1v) is 11.1.